The van der Waals surface area contributed by atoms with Crippen molar-refractivity contribution < 1.29 is 9.90 Å². The van der Waals surface area contributed by atoms with Gasteiger partial charge in [-0.05, 0) is 30.5 Å². The van der Waals surface area contributed by atoms with E-state index in [-0.39, 0.29) is 12.0 Å². The molecule has 0 atom stereocenters. The average molecular weight is 425 g/mol. The summed E-state index contributed by atoms with van der Waals surface area (Å²) in [6.45, 7) is 2.35. The monoisotopic (exact) mass is 424 g/mol. The Labute approximate surface area is 170 Å². The fraction of sp³-hybridized carbons (Fsp3) is 0.316. The number of thiophene rings is 1. The van der Waals surface area contributed by atoms with E-state index >= 15 is 0 Å². The molecule has 0 saturated heterocycles. The van der Waals surface area contributed by atoms with Crippen LogP contribution in [0.15, 0.2) is 28.4 Å². The number of nitrogens with zero attached hydrogens (tertiary/aromatic N) is 2. The minimum atomic E-state index is -0.874. The van der Waals surface area contributed by atoms with Gasteiger partial charge in [-0.15, -0.1) is 11.3 Å². The highest BCUT2D eigenvalue weighted by molar-refractivity contribution is 7.17. The van der Waals surface area contributed by atoms with E-state index in [0.29, 0.717) is 45.5 Å². The van der Waals surface area contributed by atoms with E-state index in [1.165, 1.54) is 11.3 Å². The first-order valence-electron chi connectivity index (χ1n) is 8.60. The molecule has 3 rings (SSSR count). The second-order valence-corrected chi connectivity index (χ2v) is 7.86. The van der Waals surface area contributed by atoms with Crippen LogP contribution in [0, 0.1) is 0 Å². The van der Waals surface area contributed by atoms with Crippen LogP contribution in [0.25, 0.3) is 21.3 Å². The lowest BCUT2D eigenvalue weighted by molar-refractivity contribution is -0.137. The molecule has 0 bridgehead atoms. The van der Waals surface area contributed by atoms with Crippen molar-refractivity contribution in [3.8, 4) is 11.1 Å². The SMILES string of the molecule is CCCc1nc2scc(-c3ccc(Cl)c(Cl)c3)c2c(=O)n1CCCC(=O)O. The van der Waals surface area contributed by atoms with E-state index in [0.717, 1.165) is 17.5 Å². The zero-order valence-corrected chi connectivity index (χ0v) is 17.0. The number of carbonyl (C=O) groups is 1. The van der Waals surface area contributed by atoms with Crippen molar-refractivity contribution in [2.75, 3.05) is 0 Å². The molecule has 0 radical (unpaired) electrons. The normalized spacial score (nSPS) is 11.2. The number of carboxylic acids is 1. The molecule has 0 aliphatic heterocycles. The average Bonchev–Trinajstić information content (AvgIpc) is 3.04. The highest BCUT2D eigenvalue weighted by Crippen LogP contribution is 2.34. The number of hydrogen-bond donors (Lipinski definition) is 1. The third-order valence-electron chi connectivity index (χ3n) is 4.25. The van der Waals surface area contributed by atoms with Crippen LogP contribution in [0.1, 0.15) is 32.0 Å². The maximum Gasteiger partial charge on any atom is 0.303 e. The molecule has 2 heterocycles. The topological polar surface area (TPSA) is 72.2 Å². The minimum absolute atomic E-state index is 0.0132. The molecule has 27 heavy (non-hydrogen) atoms. The maximum atomic E-state index is 13.2. The molecule has 0 aliphatic carbocycles. The van der Waals surface area contributed by atoms with Gasteiger partial charge < -0.3 is 5.11 Å². The van der Waals surface area contributed by atoms with Gasteiger partial charge in [-0.25, -0.2) is 4.98 Å². The highest BCUT2D eigenvalue weighted by Gasteiger charge is 2.17. The Bertz CT molecular complexity index is 1060. The Kier molecular flexibility index (Phi) is 6.19. The summed E-state index contributed by atoms with van der Waals surface area (Å²) in [6, 6.07) is 5.26. The third kappa shape index (κ3) is 4.18. The molecule has 5 nitrogen and oxygen atoms in total. The number of carboxylic acid groups (broad SMARTS) is 1. The van der Waals surface area contributed by atoms with Gasteiger partial charge in [0, 0.05) is 30.3 Å². The van der Waals surface area contributed by atoms with Gasteiger partial charge in [0.1, 0.15) is 10.7 Å². The van der Waals surface area contributed by atoms with E-state index in [2.05, 4.69) is 4.98 Å². The van der Waals surface area contributed by atoms with Gasteiger partial charge in [0.15, 0.2) is 0 Å². The van der Waals surface area contributed by atoms with Crippen molar-refractivity contribution in [3.05, 3.63) is 49.8 Å². The molecule has 3 aromatic rings. The first kappa shape index (κ1) is 19.9. The summed E-state index contributed by atoms with van der Waals surface area (Å²) in [4.78, 5) is 29.4. The molecule has 142 valence electrons. The molecule has 0 aliphatic rings. The zero-order valence-electron chi connectivity index (χ0n) is 14.7. The van der Waals surface area contributed by atoms with E-state index in [1.54, 1.807) is 16.7 Å². The fourth-order valence-electron chi connectivity index (χ4n) is 2.98. The second kappa shape index (κ2) is 8.42. The van der Waals surface area contributed by atoms with Crippen LogP contribution in [0.3, 0.4) is 0 Å². The summed E-state index contributed by atoms with van der Waals surface area (Å²) in [6.07, 6.45) is 1.91. The van der Waals surface area contributed by atoms with Crippen LogP contribution in [0.2, 0.25) is 10.0 Å². The Balaban J connectivity index is 2.14. The fourth-order valence-corrected chi connectivity index (χ4v) is 4.23. The number of fused-ring (bicyclic) bond motifs is 1. The summed E-state index contributed by atoms with van der Waals surface area (Å²) in [5.74, 6) is -0.177. The van der Waals surface area contributed by atoms with Gasteiger partial charge in [-0.3, -0.25) is 14.2 Å². The Morgan fingerprint density at radius 2 is 2.07 bits per heavy atom. The van der Waals surface area contributed by atoms with Crippen LogP contribution in [0.4, 0.5) is 0 Å². The van der Waals surface area contributed by atoms with Gasteiger partial charge in [-0.1, -0.05) is 36.2 Å². The Morgan fingerprint density at radius 1 is 1.30 bits per heavy atom. The first-order valence-corrected chi connectivity index (χ1v) is 10.2. The van der Waals surface area contributed by atoms with E-state index in [4.69, 9.17) is 28.3 Å². The number of aromatic nitrogens is 2. The highest BCUT2D eigenvalue weighted by atomic mass is 35.5. The molecule has 1 aromatic carbocycles. The van der Waals surface area contributed by atoms with Crippen LogP contribution in [0.5, 0.6) is 0 Å². The summed E-state index contributed by atoms with van der Waals surface area (Å²) in [5.41, 5.74) is 1.42. The van der Waals surface area contributed by atoms with Gasteiger partial charge in [0.05, 0.1) is 15.4 Å². The molecule has 1 N–H and O–H groups in total. The van der Waals surface area contributed by atoms with Crippen molar-refractivity contribution in [2.45, 2.75) is 39.2 Å². The number of hydrogen-bond acceptors (Lipinski definition) is 4. The second-order valence-electron chi connectivity index (χ2n) is 6.19. The molecule has 0 unspecified atom stereocenters. The third-order valence-corrected chi connectivity index (χ3v) is 5.86. The quantitative estimate of drug-likeness (QED) is 0.561. The number of aryl methyl sites for hydroxylation is 1. The summed E-state index contributed by atoms with van der Waals surface area (Å²) >= 11 is 13.5. The Morgan fingerprint density at radius 3 is 2.74 bits per heavy atom. The summed E-state index contributed by atoms with van der Waals surface area (Å²) < 4.78 is 1.61. The summed E-state index contributed by atoms with van der Waals surface area (Å²) in [7, 11) is 0. The first-order chi connectivity index (χ1) is 12.9. The maximum absolute atomic E-state index is 13.2. The van der Waals surface area contributed by atoms with Crippen LogP contribution in [-0.2, 0) is 17.8 Å². The Hall–Kier alpha value is -1.89. The molecular formula is C19H18Cl2N2O3S. The lowest BCUT2D eigenvalue weighted by Crippen LogP contribution is -2.25. The molecule has 2 aromatic heterocycles. The van der Waals surface area contributed by atoms with Gasteiger partial charge in [-0.2, -0.15) is 0 Å². The molecule has 0 spiro atoms. The molecule has 8 heteroatoms. The lowest BCUT2D eigenvalue weighted by atomic mass is 10.1. The van der Waals surface area contributed by atoms with Gasteiger partial charge in [0.2, 0.25) is 0 Å². The number of aliphatic carboxylic acids is 1. The lowest BCUT2D eigenvalue weighted by Gasteiger charge is -2.12. The standard InChI is InChI=1S/C19H18Cl2N2O3S/c1-2-4-15-22-18-17(19(26)23(15)8-3-5-16(24)25)12(10-27-18)11-6-7-13(20)14(21)9-11/h6-7,9-10H,2-5,8H2,1H3,(H,24,25). The van der Waals surface area contributed by atoms with Crippen molar-refractivity contribution in [2.24, 2.45) is 0 Å². The predicted octanol–water partition coefficient (Wildman–Crippen LogP) is 5.25. The van der Waals surface area contributed by atoms with E-state index in [1.807, 2.05) is 18.4 Å². The minimum Gasteiger partial charge on any atom is -0.481 e. The van der Waals surface area contributed by atoms with Crippen LogP contribution >= 0.6 is 34.5 Å². The summed E-state index contributed by atoms with van der Waals surface area (Å²) in [5, 5.41) is 12.2. The largest absolute Gasteiger partial charge is 0.481 e. The number of benzene rings is 1. The van der Waals surface area contributed by atoms with Crippen molar-refractivity contribution in [1.82, 2.24) is 9.55 Å². The van der Waals surface area contributed by atoms with Crippen LogP contribution < -0.4 is 5.56 Å². The zero-order chi connectivity index (χ0) is 19.6. The van der Waals surface area contributed by atoms with Crippen LogP contribution in [-0.4, -0.2) is 20.6 Å². The van der Waals surface area contributed by atoms with E-state index < -0.39 is 5.97 Å². The van der Waals surface area contributed by atoms with Gasteiger partial charge >= 0.3 is 5.97 Å². The van der Waals surface area contributed by atoms with E-state index in [9.17, 15) is 9.59 Å². The smallest absolute Gasteiger partial charge is 0.303 e. The predicted molar refractivity (Wildman–Crippen MR) is 110 cm³/mol. The van der Waals surface area contributed by atoms with Crippen molar-refractivity contribution in [1.29, 1.82) is 0 Å². The van der Waals surface area contributed by atoms with Gasteiger partial charge in [0.25, 0.3) is 5.56 Å². The van der Waals surface area contributed by atoms with Crippen molar-refractivity contribution in [3.63, 3.8) is 0 Å². The number of halogens is 2. The molecule has 0 fully saturated rings. The molecule has 0 saturated carbocycles. The van der Waals surface area contributed by atoms with Crippen molar-refractivity contribution >= 4 is 50.7 Å². The molecule has 0 amide bonds. The molecular weight excluding hydrogens is 407 g/mol. The number of rotatable bonds is 7.